The standard InChI is InChI=1S/C34H32O8/c35-23-9-1-5-19(27(23)39)31-13-32(20-6-2-10-24(36)28(20)40)16-33(14-31,21-7-3-11-25(37)29(21)41)18-34(15-31,17-32)22-8-4-12-26(38)30(22)42/h1-12,35-42H,13-18H2. The zero-order valence-corrected chi connectivity index (χ0v) is 22.7. The predicted molar refractivity (Wildman–Crippen MR) is 154 cm³/mol. The van der Waals surface area contributed by atoms with Crippen molar-refractivity contribution in [2.45, 2.75) is 60.2 Å². The molecule has 0 radical (unpaired) electrons. The van der Waals surface area contributed by atoms with Crippen LogP contribution in [0.15, 0.2) is 72.8 Å². The van der Waals surface area contributed by atoms with Gasteiger partial charge in [-0.3, -0.25) is 0 Å². The van der Waals surface area contributed by atoms with Crippen LogP contribution >= 0.6 is 0 Å². The highest BCUT2D eigenvalue weighted by Gasteiger charge is 2.71. The summed E-state index contributed by atoms with van der Waals surface area (Å²) in [6, 6.07) is 19.4. The summed E-state index contributed by atoms with van der Waals surface area (Å²) in [6.45, 7) is 0. The largest absolute Gasteiger partial charge is 0.504 e. The summed E-state index contributed by atoms with van der Waals surface area (Å²) >= 11 is 0. The summed E-state index contributed by atoms with van der Waals surface area (Å²) < 4.78 is 0. The Kier molecular flexibility index (Phi) is 5.24. The zero-order valence-electron chi connectivity index (χ0n) is 22.7. The third-order valence-corrected chi connectivity index (χ3v) is 10.4. The molecule has 0 spiro atoms. The van der Waals surface area contributed by atoms with Crippen molar-refractivity contribution in [3.8, 4) is 46.0 Å². The molecule has 4 aromatic rings. The fourth-order valence-corrected chi connectivity index (χ4v) is 9.62. The molecule has 0 amide bonds. The van der Waals surface area contributed by atoms with Gasteiger partial charge in [0.2, 0.25) is 0 Å². The van der Waals surface area contributed by atoms with Crippen molar-refractivity contribution in [3.63, 3.8) is 0 Å². The lowest BCUT2D eigenvalue weighted by atomic mass is 9.32. The first-order valence-electron chi connectivity index (χ1n) is 14.0. The Morgan fingerprint density at radius 2 is 0.500 bits per heavy atom. The average Bonchev–Trinajstić information content (AvgIpc) is 2.93. The quantitative estimate of drug-likeness (QED) is 0.144. The minimum Gasteiger partial charge on any atom is -0.504 e. The fourth-order valence-electron chi connectivity index (χ4n) is 9.62. The van der Waals surface area contributed by atoms with Gasteiger partial charge < -0.3 is 40.9 Å². The topological polar surface area (TPSA) is 162 Å². The molecule has 0 aliphatic heterocycles. The maximum atomic E-state index is 11.3. The van der Waals surface area contributed by atoms with Gasteiger partial charge in [0.15, 0.2) is 46.0 Å². The molecule has 8 rings (SSSR count). The second kappa shape index (κ2) is 8.41. The van der Waals surface area contributed by atoms with Crippen LogP contribution in [-0.2, 0) is 21.7 Å². The van der Waals surface area contributed by atoms with E-state index in [0.717, 1.165) is 0 Å². The number of hydrogen-bond acceptors (Lipinski definition) is 8. The summed E-state index contributed by atoms with van der Waals surface area (Å²) in [6.07, 6.45) is 2.56. The molecular formula is C34H32O8. The lowest BCUT2D eigenvalue weighted by Gasteiger charge is -2.71. The van der Waals surface area contributed by atoms with Crippen LogP contribution in [0.1, 0.15) is 60.8 Å². The Morgan fingerprint density at radius 1 is 0.310 bits per heavy atom. The molecule has 4 aliphatic carbocycles. The molecule has 0 unspecified atom stereocenters. The van der Waals surface area contributed by atoms with E-state index in [9.17, 15) is 40.9 Å². The predicted octanol–water partition coefficient (Wildman–Crippen LogP) is 5.76. The lowest BCUT2D eigenvalue weighted by Crippen LogP contribution is -2.67. The summed E-state index contributed by atoms with van der Waals surface area (Å²) in [7, 11) is 0. The van der Waals surface area contributed by atoms with Gasteiger partial charge in [-0.25, -0.2) is 0 Å². The normalized spacial score (nSPS) is 29.5. The molecule has 216 valence electrons. The van der Waals surface area contributed by atoms with E-state index >= 15 is 0 Å². The third-order valence-electron chi connectivity index (χ3n) is 10.4. The molecule has 4 aromatic carbocycles. The van der Waals surface area contributed by atoms with E-state index in [1.165, 1.54) is 24.3 Å². The molecule has 0 heterocycles. The summed E-state index contributed by atoms with van der Waals surface area (Å²) in [5, 5.41) is 87.7. The molecular weight excluding hydrogens is 536 g/mol. The van der Waals surface area contributed by atoms with Crippen LogP contribution in [0.3, 0.4) is 0 Å². The zero-order chi connectivity index (χ0) is 29.7. The van der Waals surface area contributed by atoms with E-state index in [0.29, 0.717) is 60.8 Å². The van der Waals surface area contributed by atoms with Crippen molar-refractivity contribution < 1.29 is 40.9 Å². The Bertz CT molecular complexity index is 1470. The van der Waals surface area contributed by atoms with Gasteiger partial charge in [-0.05, 0) is 62.8 Å². The molecule has 42 heavy (non-hydrogen) atoms. The van der Waals surface area contributed by atoms with Crippen molar-refractivity contribution in [2.24, 2.45) is 0 Å². The van der Waals surface area contributed by atoms with Gasteiger partial charge in [-0.2, -0.15) is 0 Å². The Balaban J connectivity index is 1.61. The fraction of sp³-hybridized carbons (Fsp3) is 0.294. The Hall–Kier alpha value is -4.72. The second-order valence-electron chi connectivity index (χ2n) is 12.9. The van der Waals surface area contributed by atoms with Gasteiger partial charge in [0, 0.05) is 43.9 Å². The van der Waals surface area contributed by atoms with Gasteiger partial charge in [-0.15, -0.1) is 0 Å². The number of rotatable bonds is 4. The molecule has 8 nitrogen and oxygen atoms in total. The summed E-state index contributed by atoms with van der Waals surface area (Å²) in [5.74, 6) is -2.16. The first-order chi connectivity index (χ1) is 19.9. The molecule has 4 bridgehead atoms. The third kappa shape index (κ3) is 3.35. The SMILES string of the molecule is Oc1cccc(C23CC4(c5cccc(O)c5O)CC(c5cccc(O)c5O)(C2)CC(c2cccc(O)c2O)(C3)C4)c1O. The van der Waals surface area contributed by atoms with E-state index in [4.69, 9.17) is 0 Å². The van der Waals surface area contributed by atoms with Crippen molar-refractivity contribution in [1.82, 2.24) is 0 Å². The van der Waals surface area contributed by atoms with Crippen LogP contribution in [-0.4, -0.2) is 40.9 Å². The number of hydrogen-bond donors (Lipinski definition) is 8. The first-order valence-corrected chi connectivity index (χ1v) is 14.0. The van der Waals surface area contributed by atoms with Gasteiger partial charge in [0.25, 0.3) is 0 Å². The number of aromatic hydroxyl groups is 8. The number of para-hydroxylation sites is 4. The van der Waals surface area contributed by atoms with Crippen molar-refractivity contribution in [3.05, 3.63) is 95.1 Å². The minimum atomic E-state index is -0.856. The molecule has 0 atom stereocenters. The van der Waals surface area contributed by atoms with Crippen LogP contribution in [0, 0.1) is 0 Å². The molecule has 8 N–H and O–H groups in total. The van der Waals surface area contributed by atoms with Crippen LogP contribution in [0.5, 0.6) is 46.0 Å². The monoisotopic (exact) mass is 568 g/mol. The van der Waals surface area contributed by atoms with Crippen molar-refractivity contribution in [1.29, 1.82) is 0 Å². The first kappa shape index (κ1) is 26.2. The molecule has 4 fully saturated rings. The molecule has 4 saturated carbocycles. The van der Waals surface area contributed by atoms with Crippen molar-refractivity contribution >= 4 is 0 Å². The average molecular weight is 569 g/mol. The van der Waals surface area contributed by atoms with Crippen LogP contribution in [0.2, 0.25) is 0 Å². The van der Waals surface area contributed by atoms with Gasteiger partial charge in [-0.1, -0.05) is 48.5 Å². The van der Waals surface area contributed by atoms with Gasteiger partial charge in [0.05, 0.1) is 0 Å². The molecule has 4 aliphatic rings. The van der Waals surface area contributed by atoms with Crippen molar-refractivity contribution in [2.75, 3.05) is 0 Å². The highest BCUT2D eigenvalue weighted by atomic mass is 16.3. The second-order valence-corrected chi connectivity index (χ2v) is 12.9. The van der Waals surface area contributed by atoms with E-state index in [1.54, 1.807) is 48.5 Å². The van der Waals surface area contributed by atoms with Crippen LogP contribution in [0.4, 0.5) is 0 Å². The number of benzene rings is 4. The van der Waals surface area contributed by atoms with E-state index < -0.39 is 21.7 Å². The summed E-state index contributed by atoms with van der Waals surface area (Å²) in [5.41, 5.74) is -1.43. The number of phenolic OH excluding ortho intramolecular Hbond substituents is 8. The van der Waals surface area contributed by atoms with Crippen LogP contribution < -0.4 is 0 Å². The lowest BCUT2D eigenvalue weighted by molar-refractivity contribution is -0.0718. The van der Waals surface area contributed by atoms with E-state index in [-0.39, 0.29) is 46.0 Å². The summed E-state index contributed by atoms with van der Waals surface area (Å²) in [4.78, 5) is 0. The van der Waals surface area contributed by atoms with Gasteiger partial charge in [0.1, 0.15) is 0 Å². The minimum absolute atomic E-state index is 0.264. The van der Waals surface area contributed by atoms with E-state index in [1.807, 2.05) is 0 Å². The Morgan fingerprint density at radius 3 is 0.690 bits per heavy atom. The van der Waals surface area contributed by atoms with E-state index in [2.05, 4.69) is 0 Å². The molecule has 8 heteroatoms. The number of phenols is 8. The highest BCUT2D eigenvalue weighted by Crippen LogP contribution is 2.77. The smallest absolute Gasteiger partial charge is 0.161 e. The maximum Gasteiger partial charge on any atom is 0.161 e. The highest BCUT2D eigenvalue weighted by molar-refractivity contribution is 5.61. The molecule has 0 saturated heterocycles. The maximum absolute atomic E-state index is 11.3. The molecule has 0 aromatic heterocycles. The van der Waals surface area contributed by atoms with Crippen LogP contribution in [0.25, 0.3) is 0 Å². The Labute approximate surface area is 242 Å². The van der Waals surface area contributed by atoms with Gasteiger partial charge >= 0.3 is 0 Å².